The van der Waals surface area contributed by atoms with Gasteiger partial charge in [-0.15, -0.1) is 10.2 Å². The SMILES string of the molecule is Cc1cc(C)n(Cc2cccc(C(=O)NC3CCc4nncn4CC3)c2)n1. The molecule has 1 atom stereocenters. The van der Waals surface area contributed by atoms with Crippen molar-refractivity contribution < 1.29 is 4.79 Å². The second-order valence-electron chi connectivity index (χ2n) is 7.22. The molecule has 0 spiro atoms. The molecule has 1 aromatic carbocycles. The van der Waals surface area contributed by atoms with Crippen LogP contribution in [-0.4, -0.2) is 36.5 Å². The zero-order valence-electron chi connectivity index (χ0n) is 15.7. The van der Waals surface area contributed by atoms with Crippen LogP contribution in [0.1, 0.15) is 46.0 Å². The van der Waals surface area contributed by atoms with Gasteiger partial charge in [0.2, 0.25) is 0 Å². The Labute approximate surface area is 158 Å². The lowest BCUT2D eigenvalue weighted by Gasteiger charge is -2.16. The third-order valence-electron chi connectivity index (χ3n) is 5.09. The van der Waals surface area contributed by atoms with E-state index in [9.17, 15) is 4.79 Å². The minimum atomic E-state index is -0.0205. The number of aryl methyl sites for hydroxylation is 4. The van der Waals surface area contributed by atoms with Crippen LogP contribution >= 0.6 is 0 Å². The summed E-state index contributed by atoms with van der Waals surface area (Å²) < 4.78 is 4.04. The lowest BCUT2D eigenvalue weighted by atomic mass is 10.1. The van der Waals surface area contributed by atoms with Crippen LogP contribution in [0.2, 0.25) is 0 Å². The number of carbonyl (C=O) groups excluding carboxylic acids is 1. The van der Waals surface area contributed by atoms with E-state index in [0.29, 0.717) is 12.1 Å². The van der Waals surface area contributed by atoms with Gasteiger partial charge < -0.3 is 9.88 Å². The molecule has 0 bridgehead atoms. The number of aromatic nitrogens is 5. The second kappa shape index (κ2) is 7.34. The Bertz CT molecular complexity index is 935. The largest absolute Gasteiger partial charge is 0.349 e. The summed E-state index contributed by atoms with van der Waals surface area (Å²) in [4.78, 5) is 12.7. The lowest BCUT2D eigenvalue weighted by Crippen LogP contribution is -2.35. The Morgan fingerprint density at radius 2 is 2.15 bits per heavy atom. The van der Waals surface area contributed by atoms with Crippen molar-refractivity contribution in [1.29, 1.82) is 0 Å². The topological polar surface area (TPSA) is 77.6 Å². The first kappa shape index (κ1) is 17.5. The summed E-state index contributed by atoms with van der Waals surface area (Å²) in [6.45, 7) is 5.54. The molecule has 0 saturated heterocycles. The van der Waals surface area contributed by atoms with E-state index in [1.165, 1.54) is 0 Å². The molecular weight excluding hydrogens is 340 g/mol. The Kier molecular flexibility index (Phi) is 4.75. The number of nitrogens with one attached hydrogen (secondary N) is 1. The summed E-state index contributed by atoms with van der Waals surface area (Å²) >= 11 is 0. The molecule has 7 heteroatoms. The van der Waals surface area contributed by atoms with E-state index in [-0.39, 0.29) is 11.9 Å². The van der Waals surface area contributed by atoms with Gasteiger partial charge >= 0.3 is 0 Å². The molecule has 0 saturated carbocycles. The molecule has 0 aliphatic carbocycles. The van der Waals surface area contributed by atoms with Gasteiger partial charge in [0.1, 0.15) is 12.2 Å². The molecule has 1 unspecified atom stereocenters. The van der Waals surface area contributed by atoms with Crippen molar-refractivity contribution in [1.82, 2.24) is 29.9 Å². The Hall–Kier alpha value is -2.96. The molecule has 3 aromatic rings. The first-order valence-electron chi connectivity index (χ1n) is 9.36. The Morgan fingerprint density at radius 1 is 1.26 bits per heavy atom. The molecule has 7 nitrogen and oxygen atoms in total. The number of hydrogen-bond donors (Lipinski definition) is 1. The minimum Gasteiger partial charge on any atom is -0.349 e. The molecule has 4 rings (SSSR count). The molecule has 2 aromatic heterocycles. The number of amides is 1. The standard InChI is InChI=1S/C20H24N6O/c1-14-10-15(2)26(24-14)12-16-4-3-5-17(11-16)20(27)22-18-6-7-19-23-21-13-25(19)9-8-18/h3-5,10-11,13,18H,6-9,12H2,1-2H3,(H,22,27). The average molecular weight is 364 g/mol. The van der Waals surface area contributed by atoms with Crippen molar-refractivity contribution in [3.8, 4) is 0 Å². The lowest BCUT2D eigenvalue weighted by molar-refractivity contribution is 0.0933. The molecular formula is C20H24N6O. The molecule has 27 heavy (non-hydrogen) atoms. The van der Waals surface area contributed by atoms with Gasteiger partial charge in [0.25, 0.3) is 5.91 Å². The maximum Gasteiger partial charge on any atom is 0.251 e. The fourth-order valence-corrected chi connectivity index (χ4v) is 3.63. The van der Waals surface area contributed by atoms with E-state index in [1.807, 2.05) is 42.8 Å². The summed E-state index contributed by atoms with van der Waals surface area (Å²) in [6.07, 6.45) is 4.38. The van der Waals surface area contributed by atoms with Gasteiger partial charge in [0.05, 0.1) is 12.2 Å². The van der Waals surface area contributed by atoms with Gasteiger partial charge in [-0.2, -0.15) is 5.10 Å². The third-order valence-corrected chi connectivity index (χ3v) is 5.09. The molecule has 1 N–H and O–H groups in total. The highest BCUT2D eigenvalue weighted by Crippen LogP contribution is 2.14. The van der Waals surface area contributed by atoms with E-state index in [1.54, 1.807) is 6.33 Å². The van der Waals surface area contributed by atoms with E-state index in [4.69, 9.17) is 0 Å². The van der Waals surface area contributed by atoms with E-state index in [2.05, 4.69) is 31.2 Å². The smallest absolute Gasteiger partial charge is 0.251 e. The molecule has 3 heterocycles. The fourth-order valence-electron chi connectivity index (χ4n) is 3.63. The van der Waals surface area contributed by atoms with Gasteiger partial charge in [-0.1, -0.05) is 12.1 Å². The molecule has 1 aliphatic heterocycles. The summed E-state index contributed by atoms with van der Waals surface area (Å²) in [5, 5.41) is 15.8. The third kappa shape index (κ3) is 3.92. The summed E-state index contributed by atoms with van der Waals surface area (Å²) in [6, 6.07) is 10.0. The summed E-state index contributed by atoms with van der Waals surface area (Å²) in [7, 11) is 0. The monoisotopic (exact) mass is 364 g/mol. The van der Waals surface area contributed by atoms with E-state index in [0.717, 1.165) is 48.6 Å². The zero-order valence-corrected chi connectivity index (χ0v) is 15.7. The van der Waals surface area contributed by atoms with Crippen molar-refractivity contribution in [3.05, 3.63) is 65.0 Å². The zero-order chi connectivity index (χ0) is 18.8. The van der Waals surface area contributed by atoms with Crippen LogP contribution in [0.5, 0.6) is 0 Å². The van der Waals surface area contributed by atoms with Crippen LogP contribution in [0, 0.1) is 13.8 Å². The second-order valence-corrected chi connectivity index (χ2v) is 7.22. The van der Waals surface area contributed by atoms with Crippen LogP contribution in [0.3, 0.4) is 0 Å². The first-order chi connectivity index (χ1) is 13.1. The highest BCUT2D eigenvalue weighted by atomic mass is 16.1. The van der Waals surface area contributed by atoms with Gasteiger partial charge in [-0.05, 0) is 50.5 Å². The van der Waals surface area contributed by atoms with Crippen molar-refractivity contribution in [2.75, 3.05) is 0 Å². The molecule has 140 valence electrons. The highest BCUT2D eigenvalue weighted by molar-refractivity contribution is 5.94. The predicted octanol–water partition coefficient (Wildman–Crippen LogP) is 2.27. The molecule has 1 amide bonds. The van der Waals surface area contributed by atoms with Gasteiger partial charge in [-0.25, -0.2) is 0 Å². The van der Waals surface area contributed by atoms with Crippen LogP contribution in [0.15, 0.2) is 36.7 Å². The average Bonchev–Trinajstić information content (AvgIpc) is 3.17. The Balaban J connectivity index is 1.41. The quantitative estimate of drug-likeness (QED) is 0.770. The fraction of sp³-hybridized carbons (Fsp3) is 0.400. The molecule has 1 aliphatic rings. The van der Waals surface area contributed by atoms with E-state index < -0.39 is 0 Å². The van der Waals surface area contributed by atoms with Gasteiger partial charge in [-0.3, -0.25) is 9.48 Å². The van der Waals surface area contributed by atoms with Crippen LogP contribution in [0.4, 0.5) is 0 Å². The summed E-state index contributed by atoms with van der Waals surface area (Å²) in [5.74, 6) is 0.978. The number of rotatable bonds is 4. The number of carbonyl (C=O) groups is 1. The Morgan fingerprint density at radius 3 is 2.96 bits per heavy atom. The van der Waals surface area contributed by atoms with Crippen molar-refractivity contribution >= 4 is 5.91 Å². The minimum absolute atomic E-state index is 0.0205. The highest BCUT2D eigenvalue weighted by Gasteiger charge is 2.19. The maximum absolute atomic E-state index is 12.7. The molecule has 0 radical (unpaired) electrons. The maximum atomic E-state index is 12.7. The van der Waals surface area contributed by atoms with Crippen molar-refractivity contribution in [2.45, 2.75) is 52.2 Å². The number of nitrogens with zero attached hydrogens (tertiary/aromatic N) is 5. The van der Waals surface area contributed by atoms with Crippen LogP contribution < -0.4 is 5.32 Å². The molecule has 0 fully saturated rings. The first-order valence-corrected chi connectivity index (χ1v) is 9.36. The van der Waals surface area contributed by atoms with E-state index >= 15 is 0 Å². The predicted molar refractivity (Wildman–Crippen MR) is 101 cm³/mol. The van der Waals surface area contributed by atoms with Crippen molar-refractivity contribution in [3.63, 3.8) is 0 Å². The van der Waals surface area contributed by atoms with Crippen molar-refractivity contribution in [2.24, 2.45) is 0 Å². The van der Waals surface area contributed by atoms with Gasteiger partial charge in [0, 0.05) is 30.3 Å². The number of benzene rings is 1. The number of hydrogen-bond acceptors (Lipinski definition) is 4. The van der Waals surface area contributed by atoms with Gasteiger partial charge in [0.15, 0.2) is 0 Å². The number of fused-ring (bicyclic) bond motifs is 1. The normalized spacial score (nSPS) is 16.6. The summed E-state index contributed by atoms with van der Waals surface area (Å²) in [5.41, 5.74) is 3.89. The van der Waals surface area contributed by atoms with Crippen LogP contribution in [0.25, 0.3) is 0 Å². The van der Waals surface area contributed by atoms with Crippen LogP contribution in [-0.2, 0) is 19.5 Å².